The summed E-state index contributed by atoms with van der Waals surface area (Å²) in [6, 6.07) is 20.7. The Morgan fingerprint density at radius 1 is 1.09 bits per heavy atom. The molecule has 0 radical (unpaired) electrons. The molecule has 0 saturated carbocycles. The quantitative estimate of drug-likeness (QED) is 0.195. The summed E-state index contributed by atoms with van der Waals surface area (Å²) >= 11 is 1.62. The van der Waals surface area contributed by atoms with E-state index in [0.717, 1.165) is 20.8 Å². The molecule has 2 atom stereocenters. The van der Waals surface area contributed by atoms with Crippen LogP contribution in [0.25, 0.3) is 31.8 Å². The molecule has 0 fully saturated rings. The van der Waals surface area contributed by atoms with Gasteiger partial charge in [-0.1, -0.05) is 18.2 Å². The molecule has 0 bridgehead atoms. The second kappa shape index (κ2) is 12.9. The number of nitrogens with one attached hydrogen (secondary N) is 1. The first-order chi connectivity index (χ1) is 21.0. The molecule has 6 rings (SSSR count). The average Bonchev–Trinajstić information content (AvgIpc) is 3.45. The highest BCUT2D eigenvalue weighted by molar-refractivity contribution is 7.21. The average molecular weight is 599 g/mol. The number of anilines is 1. The van der Waals surface area contributed by atoms with Gasteiger partial charge in [-0.2, -0.15) is 0 Å². The number of aromatic nitrogens is 1. The van der Waals surface area contributed by atoms with Crippen molar-refractivity contribution in [2.75, 3.05) is 31.7 Å². The van der Waals surface area contributed by atoms with Crippen LogP contribution in [0.3, 0.4) is 0 Å². The number of hydrogen-bond acceptors (Lipinski definition) is 9. The van der Waals surface area contributed by atoms with Crippen LogP contribution in [0.5, 0.6) is 0 Å². The molecule has 1 aliphatic rings. The fourth-order valence-electron chi connectivity index (χ4n) is 4.93. The molecule has 1 aliphatic heterocycles. The van der Waals surface area contributed by atoms with E-state index in [4.69, 9.17) is 28.7 Å². The van der Waals surface area contributed by atoms with Crippen molar-refractivity contribution >= 4 is 44.1 Å². The Bertz CT molecular complexity index is 1840. The van der Waals surface area contributed by atoms with Gasteiger partial charge in [-0.25, -0.2) is 4.98 Å². The number of rotatable bonds is 10. The van der Waals surface area contributed by atoms with E-state index in [0.29, 0.717) is 28.6 Å². The molecule has 0 spiro atoms. The Hall–Kier alpha value is -4.35. The number of benzene rings is 3. The third-order valence-corrected chi connectivity index (χ3v) is 8.16. The van der Waals surface area contributed by atoms with Crippen LogP contribution >= 0.6 is 11.3 Å². The molecule has 0 saturated heterocycles. The van der Waals surface area contributed by atoms with E-state index in [1.165, 1.54) is 11.8 Å². The van der Waals surface area contributed by atoms with E-state index in [1.807, 2.05) is 36.4 Å². The first-order valence-electron chi connectivity index (χ1n) is 14.0. The highest BCUT2D eigenvalue weighted by Gasteiger charge is 2.31. The molecule has 0 unspecified atom stereocenters. The molecule has 2 N–H and O–H groups in total. The van der Waals surface area contributed by atoms with Gasteiger partial charge in [-0.3, -0.25) is 9.59 Å². The first-order valence-corrected chi connectivity index (χ1v) is 14.8. The normalized spacial score (nSPS) is 16.7. The van der Waals surface area contributed by atoms with Crippen molar-refractivity contribution in [3.8, 4) is 10.6 Å². The summed E-state index contributed by atoms with van der Waals surface area (Å²) in [6.45, 7) is 2.60. The molecule has 43 heavy (non-hydrogen) atoms. The first kappa shape index (κ1) is 28.8. The fourth-order valence-corrected chi connectivity index (χ4v) is 6.00. The minimum Gasteiger partial charge on any atom is -0.464 e. The Kier molecular flexibility index (Phi) is 8.62. The van der Waals surface area contributed by atoms with Crippen LogP contribution in [0.2, 0.25) is 0 Å². The number of allylic oxidation sites excluding steroid dienone is 1. The molecular weight excluding hydrogens is 568 g/mol. The SMILES string of the molecule is Cc1ccc2nc(-c3ccc(NC(=O)C4=C[C@@H](c5coc6ccccc6c5=O)C[C@@H](OCCOCCO)O4)cc3)sc2c1. The topological polar surface area (TPSA) is 120 Å². The van der Waals surface area contributed by atoms with Crippen LogP contribution in [-0.4, -0.2) is 48.7 Å². The molecule has 3 aromatic carbocycles. The minimum atomic E-state index is -0.801. The third kappa shape index (κ3) is 6.52. The summed E-state index contributed by atoms with van der Waals surface area (Å²) in [5, 5.41) is 13.2. The number of carbonyl (C=O) groups is 1. The lowest BCUT2D eigenvalue weighted by atomic mass is 9.93. The highest BCUT2D eigenvalue weighted by Crippen LogP contribution is 2.33. The number of para-hydroxylation sites is 1. The predicted molar refractivity (Wildman–Crippen MR) is 165 cm³/mol. The van der Waals surface area contributed by atoms with Gasteiger partial charge in [0.05, 0.1) is 48.3 Å². The number of fused-ring (bicyclic) bond motifs is 2. The number of ether oxygens (including phenoxy) is 3. The summed E-state index contributed by atoms with van der Waals surface area (Å²) in [4.78, 5) is 31.5. The van der Waals surface area contributed by atoms with E-state index < -0.39 is 18.1 Å². The predicted octanol–water partition coefficient (Wildman–Crippen LogP) is 5.76. The molecule has 1 amide bonds. The number of aliphatic hydroxyl groups excluding tert-OH is 1. The number of nitrogens with zero attached hydrogens (tertiary/aromatic N) is 1. The maximum absolute atomic E-state index is 13.4. The summed E-state index contributed by atoms with van der Waals surface area (Å²) in [5.74, 6) is -0.914. The van der Waals surface area contributed by atoms with E-state index in [-0.39, 0.29) is 37.6 Å². The minimum absolute atomic E-state index is 0.0377. The van der Waals surface area contributed by atoms with Gasteiger partial charge < -0.3 is 29.1 Å². The lowest BCUT2D eigenvalue weighted by molar-refractivity contribution is -0.148. The van der Waals surface area contributed by atoms with Crippen molar-refractivity contribution in [3.63, 3.8) is 0 Å². The van der Waals surface area contributed by atoms with Crippen LogP contribution in [0.4, 0.5) is 5.69 Å². The smallest absolute Gasteiger partial charge is 0.290 e. The molecule has 2 aromatic heterocycles. The molecule has 10 heteroatoms. The van der Waals surface area contributed by atoms with E-state index in [9.17, 15) is 9.59 Å². The third-order valence-electron chi connectivity index (χ3n) is 7.09. The van der Waals surface area contributed by atoms with Gasteiger partial charge >= 0.3 is 0 Å². The molecule has 0 aliphatic carbocycles. The fraction of sp³-hybridized carbons (Fsp3) is 0.242. The molecule has 3 heterocycles. The Morgan fingerprint density at radius 3 is 2.77 bits per heavy atom. The number of carbonyl (C=O) groups excluding carboxylic acids is 1. The number of hydrogen-bond donors (Lipinski definition) is 2. The van der Waals surface area contributed by atoms with E-state index >= 15 is 0 Å². The van der Waals surface area contributed by atoms with Crippen molar-refractivity contribution in [2.24, 2.45) is 0 Å². The Labute approximate surface area is 251 Å². The summed E-state index contributed by atoms with van der Waals surface area (Å²) in [6.07, 6.45) is 2.58. The van der Waals surface area contributed by atoms with Crippen molar-refractivity contribution in [1.29, 1.82) is 0 Å². The molecule has 220 valence electrons. The zero-order valence-corrected chi connectivity index (χ0v) is 24.3. The monoisotopic (exact) mass is 598 g/mol. The number of aryl methyl sites for hydroxylation is 1. The zero-order chi connectivity index (χ0) is 29.8. The second-order valence-corrected chi connectivity index (χ2v) is 11.2. The second-order valence-electron chi connectivity index (χ2n) is 10.2. The van der Waals surface area contributed by atoms with Gasteiger partial charge in [0.25, 0.3) is 5.91 Å². The van der Waals surface area contributed by atoms with Crippen molar-refractivity contribution in [1.82, 2.24) is 4.98 Å². The van der Waals surface area contributed by atoms with Gasteiger partial charge in [0.2, 0.25) is 6.29 Å². The van der Waals surface area contributed by atoms with Crippen LogP contribution in [0.15, 0.2) is 94.0 Å². The number of aliphatic hydroxyl groups is 1. The summed E-state index contributed by atoms with van der Waals surface area (Å²) < 4.78 is 23.9. The maximum atomic E-state index is 13.4. The van der Waals surface area contributed by atoms with Crippen LogP contribution in [0, 0.1) is 6.92 Å². The molecule has 9 nitrogen and oxygen atoms in total. The Balaban J connectivity index is 1.21. The lowest BCUT2D eigenvalue weighted by Crippen LogP contribution is -2.31. The number of thiazole rings is 1. The van der Waals surface area contributed by atoms with Crippen LogP contribution in [0.1, 0.15) is 23.5 Å². The summed E-state index contributed by atoms with van der Waals surface area (Å²) in [5.41, 5.74) is 4.40. The maximum Gasteiger partial charge on any atom is 0.290 e. The van der Waals surface area contributed by atoms with Crippen molar-refractivity contribution in [2.45, 2.75) is 25.6 Å². The van der Waals surface area contributed by atoms with Crippen LogP contribution < -0.4 is 10.7 Å². The zero-order valence-electron chi connectivity index (χ0n) is 23.4. The van der Waals surface area contributed by atoms with Crippen LogP contribution in [-0.2, 0) is 19.0 Å². The molecular formula is C33H30N2O7S. The highest BCUT2D eigenvalue weighted by atomic mass is 32.1. The summed E-state index contributed by atoms with van der Waals surface area (Å²) in [7, 11) is 0. The standard InChI is InChI=1S/C33H30N2O7S/c1-20-6-11-26-29(16-20)43-33(35-26)21-7-9-23(10-8-21)34-32(38)28-17-22(18-30(42-28)40-15-14-39-13-12-36)25-19-41-27-5-3-2-4-24(27)31(25)37/h2-11,16-17,19,22,30,36H,12-15,18H2,1H3,(H,34,38)/t22-,30+/m1/s1. The van der Waals surface area contributed by atoms with Gasteiger partial charge in [0.15, 0.2) is 11.2 Å². The van der Waals surface area contributed by atoms with Crippen molar-refractivity contribution < 1.29 is 28.5 Å². The van der Waals surface area contributed by atoms with Gasteiger partial charge in [0, 0.05) is 29.2 Å². The van der Waals surface area contributed by atoms with Gasteiger partial charge in [0.1, 0.15) is 10.6 Å². The van der Waals surface area contributed by atoms with Crippen molar-refractivity contribution in [3.05, 3.63) is 106 Å². The number of amides is 1. The lowest BCUT2D eigenvalue weighted by Gasteiger charge is -2.29. The molecule has 5 aromatic rings. The van der Waals surface area contributed by atoms with E-state index in [1.54, 1.807) is 41.7 Å². The van der Waals surface area contributed by atoms with E-state index in [2.05, 4.69) is 18.3 Å². The Morgan fingerprint density at radius 2 is 1.93 bits per heavy atom. The van der Waals surface area contributed by atoms with Gasteiger partial charge in [-0.05, 0) is 67.1 Å². The largest absolute Gasteiger partial charge is 0.464 e. The van der Waals surface area contributed by atoms with Gasteiger partial charge in [-0.15, -0.1) is 11.3 Å².